The summed E-state index contributed by atoms with van der Waals surface area (Å²) in [5.41, 5.74) is 0.489. The van der Waals surface area contributed by atoms with Crippen LogP contribution in [0, 0.1) is 0 Å². The fraction of sp³-hybridized carbons (Fsp3) is 0.200. The Morgan fingerprint density at radius 2 is 2.04 bits per heavy atom. The second-order valence-electron chi connectivity index (χ2n) is 4.50. The first kappa shape index (κ1) is 17.0. The molecule has 0 saturated heterocycles. The summed E-state index contributed by atoms with van der Waals surface area (Å²) in [7, 11) is -1.17. The number of halogens is 2. The highest BCUT2D eigenvalue weighted by Crippen LogP contribution is 2.15. The van der Waals surface area contributed by atoms with E-state index in [4.69, 9.17) is 4.74 Å². The molecule has 0 saturated carbocycles. The van der Waals surface area contributed by atoms with E-state index in [1.807, 2.05) is 0 Å². The van der Waals surface area contributed by atoms with Gasteiger partial charge < -0.3 is 10.1 Å². The van der Waals surface area contributed by atoms with Crippen molar-refractivity contribution in [2.24, 2.45) is 0 Å². The first-order valence-corrected chi connectivity index (χ1v) is 8.14. The third kappa shape index (κ3) is 5.10. The highest BCUT2D eigenvalue weighted by Gasteiger charge is 2.11. The maximum absolute atomic E-state index is 12.1. The number of aromatic nitrogens is 1. The van der Waals surface area contributed by atoms with E-state index in [-0.39, 0.29) is 11.6 Å². The van der Waals surface area contributed by atoms with Crippen LogP contribution in [0.2, 0.25) is 0 Å². The fourth-order valence-corrected chi connectivity index (χ4v) is 2.28. The van der Waals surface area contributed by atoms with E-state index in [1.165, 1.54) is 24.5 Å². The lowest BCUT2D eigenvalue weighted by molar-refractivity contribution is 0.0794. The number of alkyl halides is 2. The number of benzene rings is 1. The molecule has 1 atom stereocenters. The number of carbonyl (C=O) groups is 1. The molecule has 2 aromatic rings. The van der Waals surface area contributed by atoms with Crippen molar-refractivity contribution in [1.29, 1.82) is 0 Å². The first-order valence-electron chi connectivity index (χ1n) is 6.58. The number of hydrogen-bond donors (Lipinski definition) is 1. The number of carbonyl (C=O) groups excluding carboxylic acids is 1. The van der Waals surface area contributed by atoms with Gasteiger partial charge in [0.1, 0.15) is 5.69 Å². The highest BCUT2D eigenvalue weighted by molar-refractivity contribution is 7.84. The van der Waals surface area contributed by atoms with Gasteiger partial charge in [-0.3, -0.25) is 9.00 Å². The summed E-state index contributed by atoms with van der Waals surface area (Å²) in [5, 5.41) is 2.61. The number of pyridine rings is 1. The zero-order chi connectivity index (χ0) is 16.8. The van der Waals surface area contributed by atoms with Crippen molar-refractivity contribution >= 4 is 22.4 Å². The van der Waals surface area contributed by atoms with E-state index in [9.17, 15) is 17.8 Å². The molecular formula is C15H14F2N2O3S. The van der Waals surface area contributed by atoms with Crippen molar-refractivity contribution < 1.29 is 22.5 Å². The average molecular weight is 340 g/mol. The second-order valence-corrected chi connectivity index (χ2v) is 5.88. The minimum Gasteiger partial charge on any atom is -0.472 e. The Labute approximate surface area is 134 Å². The molecule has 1 unspecified atom stereocenters. The van der Waals surface area contributed by atoms with Crippen LogP contribution in [0.25, 0.3) is 0 Å². The summed E-state index contributed by atoms with van der Waals surface area (Å²) >= 11 is 0. The molecule has 122 valence electrons. The summed E-state index contributed by atoms with van der Waals surface area (Å²) < 4.78 is 40.4. The summed E-state index contributed by atoms with van der Waals surface area (Å²) in [6.45, 7) is -0.789. The Bertz CT molecular complexity index is 725. The van der Waals surface area contributed by atoms with Crippen LogP contribution in [0.5, 0.6) is 5.88 Å². The molecule has 0 aliphatic carbocycles. The lowest BCUT2D eigenvalue weighted by Gasteiger charge is -2.08. The second kappa shape index (κ2) is 7.77. The average Bonchev–Trinajstić information content (AvgIpc) is 2.53. The van der Waals surface area contributed by atoms with Gasteiger partial charge in [0.05, 0.1) is 0 Å². The summed E-state index contributed by atoms with van der Waals surface area (Å²) in [6.07, 6.45) is -1.08. The summed E-state index contributed by atoms with van der Waals surface area (Å²) in [5.74, 6) is -0.576. The molecule has 0 aliphatic heterocycles. The fourth-order valence-electron chi connectivity index (χ4n) is 1.72. The summed E-state index contributed by atoms with van der Waals surface area (Å²) in [4.78, 5) is 16.6. The molecule has 1 amide bonds. The van der Waals surface area contributed by atoms with Crippen molar-refractivity contribution in [2.45, 2.75) is 11.3 Å². The standard InChI is InChI=1S/C15H14F2N2O3S/c1-23(21)11-5-2-4-10(8-11)18-15(20)12-6-3-7-14(19-12)22-9-13(16)17/h2-8,13H,9H2,1H3,(H,18,20). The van der Waals surface area contributed by atoms with Crippen LogP contribution in [0.15, 0.2) is 47.4 Å². The molecule has 8 heteroatoms. The van der Waals surface area contributed by atoms with Gasteiger partial charge in [0.15, 0.2) is 6.61 Å². The molecule has 5 nitrogen and oxygen atoms in total. The Morgan fingerprint density at radius 1 is 1.30 bits per heavy atom. The Hall–Kier alpha value is -2.35. The smallest absolute Gasteiger partial charge is 0.274 e. The van der Waals surface area contributed by atoms with E-state index in [0.29, 0.717) is 10.6 Å². The number of anilines is 1. The molecule has 0 radical (unpaired) electrons. The molecule has 1 aromatic heterocycles. The Balaban J connectivity index is 2.10. The molecule has 0 aliphatic rings. The molecule has 0 bridgehead atoms. The number of hydrogen-bond acceptors (Lipinski definition) is 4. The molecule has 0 spiro atoms. The molecule has 1 N–H and O–H groups in total. The molecule has 1 heterocycles. The molecule has 23 heavy (non-hydrogen) atoms. The van der Waals surface area contributed by atoms with Crippen LogP contribution >= 0.6 is 0 Å². The highest BCUT2D eigenvalue weighted by atomic mass is 32.2. The quantitative estimate of drug-likeness (QED) is 0.878. The number of ether oxygens (including phenoxy) is 1. The van der Waals surface area contributed by atoms with Gasteiger partial charge in [0.25, 0.3) is 12.3 Å². The lowest BCUT2D eigenvalue weighted by atomic mass is 10.3. The van der Waals surface area contributed by atoms with Gasteiger partial charge in [-0.25, -0.2) is 13.8 Å². The largest absolute Gasteiger partial charge is 0.472 e. The monoisotopic (exact) mass is 340 g/mol. The zero-order valence-corrected chi connectivity index (χ0v) is 13.0. The van der Waals surface area contributed by atoms with Crippen molar-refractivity contribution in [3.8, 4) is 5.88 Å². The summed E-state index contributed by atoms with van der Waals surface area (Å²) in [6, 6.07) is 10.9. The van der Waals surface area contributed by atoms with E-state index in [2.05, 4.69) is 10.3 Å². The first-order chi connectivity index (χ1) is 11.0. The van der Waals surface area contributed by atoms with Crippen molar-refractivity contribution in [2.75, 3.05) is 18.2 Å². The number of nitrogens with one attached hydrogen (secondary N) is 1. The van der Waals surface area contributed by atoms with Gasteiger partial charge in [-0.15, -0.1) is 0 Å². The third-order valence-electron chi connectivity index (χ3n) is 2.74. The third-order valence-corrected chi connectivity index (χ3v) is 3.66. The Kier molecular flexibility index (Phi) is 5.75. The number of amides is 1. The lowest BCUT2D eigenvalue weighted by Crippen LogP contribution is -2.15. The van der Waals surface area contributed by atoms with Gasteiger partial charge in [0.2, 0.25) is 5.88 Å². The Morgan fingerprint density at radius 3 is 2.74 bits per heavy atom. The van der Waals surface area contributed by atoms with Crippen molar-refractivity contribution in [3.05, 3.63) is 48.2 Å². The number of nitrogens with zero attached hydrogens (tertiary/aromatic N) is 1. The topological polar surface area (TPSA) is 68.3 Å². The van der Waals surface area contributed by atoms with Crippen LogP contribution in [-0.2, 0) is 10.8 Å². The van der Waals surface area contributed by atoms with E-state index in [0.717, 1.165) is 0 Å². The van der Waals surface area contributed by atoms with Gasteiger partial charge in [-0.2, -0.15) is 0 Å². The van der Waals surface area contributed by atoms with Gasteiger partial charge in [-0.05, 0) is 24.3 Å². The SMILES string of the molecule is CS(=O)c1cccc(NC(=O)c2cccc(OCC(F)F)n2)c1. The van der Waals surface area contributed by atoms with Gasteiger partial charge >= 0.3 is 0 Å². The van der Waals surface area contributed by atoms with Crippen LogP contribution in [0.1, 0.15) is 10.5 Å². The zero-order valence-electron chi connectivity index (χ0n) is 12.2. The van der Waals surface area contributed by atoms with Crippen LogP contribution in [0.4, 0.5) is 14.5 Å². The maximum Gasteiger partial charge on any atom is 0.274 e. The van der Waals surface area contributed by atoms with Crippen molar-refractivity contribution in [3.63, 3.8) is 0 Å². The van der Waals surface area contributed by atoms with E-state index in [1.54, 1.807) is 24.3 Å². The van der Waals surface area contributed by atoms with Crippen LogP contribution < -0.4 is 10.1 Å². The van der Waals surface area contributed by atoms with E-state index < -0.39 is 29.7 Å². The predicted octanol–water partition coefficient (Wildman–Crippen LogP) is 2.72. The van der Waals surface area contributed by atoms with Crippen LogP contribution in [0.3, 0.4) is 0 Å². The molecular weight excluding hydrogens is 326 g/mol. The normalized spacial score (nSPS) is 12.0. The van der Waals surface area contributed by atoms with E-state index >= 15 is 0 Å². The molecule has 0 fully saturated rings. The van der Waals surface area contributed by atoms with Crippen LogP contribution in [-0.4, -0.2) is 34.4 Å². The minimum absolute atomic E-state index is 0.0276. The maximum atomic E-state index is 12.1. The molecule has 1 aromatic carbocycles. The van der Waals surface area contributed by atoms with Gasteiger partial charge in [0, 0.05) is 33.7 Å². The molecule has 2 rings (SSSR count). The van der Waals surface area contributed by atoms with Crippen molar-refractivity contribution in [1.82, 2.24) is 4.98 Å². The number of rotatable bonds is 6. The minimum atomic E-state index is -2.62. The predicted molar refractivity (Wildman–Crippen MR) is 82.5 cm³/mol. The van der Waals surface area contributed by atoms with Gasteiger partial charge in [-0.1, -0.05) is 12.1 Å².